The Morgan fingerprint density at radius 3 is 2.38 bits per heavy atom. The average molecular weight is 135 g/mol. The quantitative estimate of drug-likeness (QED) is 0.384. The van der Waals surface area contributed by atoms with Gasteiger partial charge in [-0.15, -0.1) is 0 Å². The second-order valence-corrected chi connectivity index (χ2v) is 1.48. The van der Waals surface area contributed by atoms with Crippen LogP contribution < -0.4 is 51.4 Å². The molecular formula is C5H6KNO. The van der Waals surface area contributed by atoms with Gasteiger partial charge in [0.05, 0.1) is 0 Å². The SMILES string of the molecule is Cc1cccn1[O-].[K+]. The Hall–Kier alpha value is 0.716. The van der Waals surface area contributed by atoms with Gasteiger partial charge in [-0.2, -0.15) is 0 Å². The Morgan fingerprint density at radius 2 is 2.25 bits per heavy atom. The van der Waals surface area contributed by atoms with Crippen molar-refractivity contribution in [3.63, 3.8) is 0 Å². The zero-order valence-corrected chi connectivity index (χ0v) is 8.21. The van der Waals surface area contributed by atoms with E-state index in [1.807, 2.05) is 0 Å². The van der Waals surface area contributed by atoms with Gasteiger partial charge in [0.2, 0.25) is 0 Å². The molecule has 2 nitrogen and oxygen atoms in total. The minimum Gasteiger partial charge on any atom is -0.806 e. The molecule has 1 rings (SSSR count). The van der Waals surface area contributed by atoms with E-state index in [1.54, 1.807) is 19.1 Å². The monoisotopic (exact) mass is 135 g/mol. The molecule has 1 heterocycles. The summed E-state index contributed by atoms with van der Waals surface area (Å²) in [6.45, 7) is 1.77. The predicted molar refractivity (Wildman–Crippen MR) is 27.9 cm³/mol. The molecule has 0 aliphatic heterocycles. The molecule has 0 saturated carbocycles. The van der Waals surface area contributed by atoms with Crippen LogP contribution in [0.1, 0.15) is 5.69 Å². The van der Waals surface area contributed by atoms with E-state index in [2.05, 4.69) is 0 Å². The van der Waals surface area contributed by atoms with Crippen LogP contribution in [-0.4, -0.2) is 4.73 Å². The standard InChI is InChI=1S/C5H6NO.K/c1-5-3-2-4-6(5)7;/h2-4H,1H3;/q-1;+1. The Balaban J connectivity index is 0.000000490. The van der Waals surface area contributed by atoms with Gasteiger partial charge in [0.25, 0.3) is 0 Å². The number of aromatic nitrogens is 1. The summed E-state index contributed by atoms with van der Waals surface area (Å²) in [5.74, 6) is 0. The molecule has 3 heteroatoms. The third kappa shape index (κ3) is 1.91. The third-order valence-electron chi connectivity index (χ3n) is 0.907. The summed E-state index contributed by atoms with van der Waals surface area (Å²) < 4.78 is 0.833. The van der Waals surface area contributed by atoms with Crippen molar-refractivity contribution >= 4 is 0 Å². The molecule has 1 aromatic rings. The van der Waals surface area contributed by atoms with Gasteiger partial charge in [0.15, 0.2) is 0 Å². The Labute approximate surface area is 90.9 Å². The van der Waals surface area contributed by atoms with E-state index in [0.717, 1.165) is 10.4 Å². The van der Waals surface area contributed by atoms with Gasteiger partial charge in [-0.05, 0) is 25.3 Å². The van der Waals surface area contributed by atoms with Crippen molar-refractivity contribution in [1.82, 2.24) is 4.73 Å². The van der Waals surface area contributed by atoms with Crippen LogP contribution in [0.25, 0.3) is 0 Å². The second-order valence-electron chi connectivity index (χ2n) is 1.48. The molecule has 0 unspecified atom stereocenters. The number of rotatable bonds is 0. The first-order valence-electron chi connectivity index (χ1n) is 2.12. The van der Waals surface area contributed by atoms with E-state index >= 15 is 0 Å². The first-order valence-corrected chi connectivity index (χ1v) is 2.12. The molecule has 0 aliphatic carbocycles. The van der Waals surface area contributed by atoms with Gasteiger partial charge in [0.1, 0.15) is 0 Å². The summed E-state index contributed by atoms with van der Waals surface area (Å²) in [5.41, 5.74) is 0.750. The van der Waals surface area contributed by atoms with Gasteiger partial charge >= 0.3 is 51.4 Å². The Morgan fingerprint density at radius 1 is 1.62 bits per heavy atom. The van der Waals surface area contributed by atoms with E-state index in [4.69, 9.17) is 0 Å². The molecule has 0 atom stereocenters. The van der Waals surface area contributed by atoms with Gasteiger partial charge in [-0.1, -0.05) is 0 Å². The molecule has 0 amide bonds. The maximum atomic E-state index is 10.3. The molecule has 0 aliphatic rings. The van der Waals surface area contributed by atoms with Crippen LogP contribution in [0.5, 0.6) is 0 Å². The maximum absolute atomic E-state index is 10.3. The molecule has 0 aromatic carbocycles. The number of hydrogen-bond donors (Lipinski definition) is 0. The number of aryl methyl sites for hydroxylation is 1. The fourth-order valence-electron chi connectivity index (χ4n) is 0.451. The van der Waals surface area contributed by atoms with Gasteiger partial charge in [0, 0.05) is 5.69 Å². The van der Waals surface area contributed by atoms with Gasteiger partial charge in [-0.25, -0.2) is 0 Å². The molecule has 0 N–H and O–H groups in total. The van der Waals surface area contributed by atoms with Crippen molar-refractivity contribution in [2.45, 2.75) is 6.92 Å². The van der Waals surface area contributed by atoms with E-state index in [1.165, 1.54) is 6.20 Å². The smallest absolute Gasteiger partial charge is 0.806 e. The van der Waals surface area contributed by atoms with E-state index in [0.29, 0.717) is 0 Å². The van der Waals surface area contributed by atoms with Crippen LogP contribution >= 0.6 is 0 Å². The fourth-order valence-corrected chi connectivity index (χ4v) is 0.451. The second kappa shape index (κ2) is 3.69. The molecule has 8 heavy (non-hydrogen) atoms. The van der Waals surface area contributed by atoms with Crippen LogP contribution in [0, 0.1) is 12.1 Å². The van der Waals surface area contributed by atoms with Crippen LogP contribution in [0.2, 0.25) is 0 Å². The summed E-state index contributed by atoms with van der Waals surface area (Å²) in [5, 5.41) is 10.3. The molecule has 1 aromatic heterocycles. The summed E-state index contributed by atoms with van der Waals surface area (Å²) >= 11 is 0. The first kappa shape index (κ1) is 8.72. The van der Waals surface area contributed by atoms with Crippen molar-refractivity contribution in [2.24, 2.45) is 0 Å². The van der Waals surface area contributed by atoms with Crippen LogP contribution in [-0.2, 0) is 0 Å². The minimum absolute atomic E-state index is 0. The average Bonchev–Trinajstić information content (AvgIpc) is 1.91. The summed E-state index contributed by atoms with van der Waals surface area (Å²) in [4.78, 5) is 0. The van der Waals surface area contributed by atoms with Crippen molar-refractivity contribution in [3.05, 3.63) is 29.2 Å². The maximum Gasteiger partial charge on any atom is 1.00 e. The normalized spacial score (nSPS) is 8.12. The van der Waals surface area contributed by atoms with Crippen LogP contribution in [0.3, 0.4) is 0 Å². The van der Waals surface area contributed by atoms with Crippen LogP contribution in [0.4, 0.5) is 0 Å². The van der Waals surface area contributed by atoms with Gasteiger partial charge < -0.3 is 9.94 Å². The fraction of sp³-hybridized carbons (Fsp3) is 0.200. The largest absolute Gasteiger partial charge is 1.00 e. The number of nitrogens with zero attached hydrogens (tertiary/aromatic N) is 1. The summed E-state index contributed by atoms with van der Waals surface area (Å²) in [7, 11) is 0. The Bertz CT molecular complexity index is 145. The molecule has 0 bridgehead atoms. The van der Waals surface area contributed by atoms with Crippen molar-refractivity contribution in [3.8, 4) is 0 Å². The first-order chi connectivity index (χ1) is 3.30. The molecule has 38 valence electrons. The molecule has 0 fully saturated rings. The zero-order chi connectivity index (χ0) is 5.28. The van der Waals surface area contributed by atoms with Gasteiger partial charge in [-0.3, -0.25) is 0 Å². The van der Waals surface area contributed by atoms with Crippen molar-refractivity contribution < 1.29 is 51.4 Å². The van der Waals surface area contributed by atoms with E-state index < -0.39 is 0 Å². The molecule has 0 saturated heterocycles. The predicted octanol–water partition coefficient (Wildman–Crippen LogP) is -1.85. The zero-order valence-electron chi connectivity index (χ0n) is 5.09. The summed E-state index contributed by atoms with van der Waals surface area (Å²) in [6, 6.07) is 3.50. The molecule has 0 spiro atoms. The molecule has 0 radical (unpaired) electrons. The van der Waals surface area contributed by atoms with Crippen LogP contribution in [0.15, 0.2) is 18.3 Å². The molecular weight excluding hydrogens is 129 g/mol. The Kier molecular flexibility index (Phi) is 4.02. The number of hydrogen-bond acceptors (Lipinski definition) is 1. The summed E-state index contributed by atoms with van der Waals surface area (Å²) in [6.07, 6.45) is 1.48. The topological polar surface area (TPSA) is 28.0 Å². The third-order valence-corrected chi connectivity index (χ3v) is 0.907. The van der Waals surface area contributed by atoms with E-state index in [-0.39, 0.29) is 51.4 Å². The van der Waals surface area contributed by atoms with Crippen molar-refractivity contribution in [2.75, 3.05) is 0 Å². The van der Waals surface area contributed by atoms with E-state index in [9.17, 15) is 5.21 Å². The van der Waals surface area contributed by atoms with Crippen molar-refractivity contribution in [1.29, 1.82) is 0 Å². The minimum atomic E-state index is 0.